The van der Waals surface area contributed by atoms with Crippen molar-refractivity contribution < 1.29 is 23.1 Å². The van der Waals surface area contributed by atoms with Gasteiger partial charge in [-0.2, -0.15) is 0 Å². The Bertz CT molecular complexity index is 1200. The summed E-state index contributed by atoms with van der Waals surface area (Å²) < 4.78 is 22.1. The second-order valence-electron chi connectivity index (χ2n) is 6.52. The molecule has 146 valence electrons. The molecule has 0 unspecified atom stereocenters. The lowest BCUT2D eigenvalue weighted by Crippen LogP contribution is -2.20. The van der Waals surface area contributed by atoms with E-state index in [0.29, 0.717) is 22.7 Å². The second-order valence-corrected chi connectivity index (χ2v) is 6.52. The predicted octanol–water partition coefficient (Wildman–Crippen LogP) is 4.65. The number of benzene rings is 2. The van der Waals surface area contributed by atoms with Crippen molar-refractivity contribution in [3.8, 4) is 23.0 Å². The molecule has 0 aliphatic heterocycles. The maximum atomic E-state index is 12.3. The minimum atomic E-state index is -0.624. The van der Waals surface area contributed by atoms with E-state index in [1.54, 1.807) is 44.2 Å². The predicted molar refractivity (Wildman–Crippen MR) is 107 cm³/mol. The van der Waals surface area contributed by atoms with Gasteiger partial charge < -0.3 is 18.3 Å². The van der Waals surface area contributed by atoms with Crippen LogP contribution >= 0.6 is 0 Å². The second kappa shape index (κ2) is 7.67. The average Bonchev–Trinajstić information content (AvgIpc) is 3.17. The van der Waals surface area contributed by atoms with Crippen molar-refractivity contribution in [1.29, 1.82) is 0 Å². The zero-order valence-corrected chi connectivity index (χ0v) is 15.9. The largest absolute Gasteiger partial charge is 0.482 e. The number of rotatable bonds is 5. The molecule has 29 heavy (non-hydrogen) atoms. The van der Waals surface area contributed by atoms with Crippen molar-refractivity contribution in [2.24, 2.45) is 0 Å². The maximum absolute atomic E-state index is 12.3. The Kier molecular flexibility index (Phi) is 4.91. The molecule has 0 radical (unpaired) electrons. The summed E-state index contributed by atoms with van der Waals surface area (Å²) in [6.45, 7) is 2.96. The van der Waals surface area contributed by atoms with Crippen LogP contribution in [-0.2, 0) is 4.79 Å². The fourth-order valence-corrected chi connectivity index (χ4v) is 3.01. The Hall–Kier alpha value is -3.80. The highest BCUT2D eigenvalue weighted by molar-refractivity contribution is 5.83. The van der Waals surface area contributed by atoms with Gasteiger partial charge in [0, 0.05) is 10.9 Å². The molecule has 0 bridgehead atoms. The molecule has 2 aromatic heterocycles. The van der Waals surface area contributed by atoms with E-state index in [2.05, 4.69) is 0 Å². The number of hydrogen-bond donors (Lipinski definition) is 0. The van der Waals surface area contributed by atoms with Crippen LogP contribution in [0.5, 0.6) is 11.5 Å². The van der Waals surface area contributed by atoms with Gasteiger partial charge in [-0.1, -0.05) is 36.4 Å². The van der Waals surface area contributed by atoms with Crippen molar-refractivity contribution in [3.05, 3.63) is 82.2 Å². The van der Waals surface area contributed by atoms with Crippen molar-refractivity contribution in [1.82, 2.24) is 0 Å². The number of carbonyl (C=O) groups excluding carboxylic acids is 1. The minimum Gasteiger partial charge on any atom is -0.482 e. The third-order valence-corrected chi connectivity index (χ3v) is 4.49. The zero-order chi connectivity index (χ0) is 20.4. The first kappa shape index (κ1) is 18.6. The van der Waals surface area contributed by atoms with Crippen LogP contribution in [0.3, 0.4) is 0 Å². The lowest BCUT2D eigenvalue weighted by atomic mass is 10.1. The van der Waals surface area contributed by atoms with Crippen molar-refractivity contribution in [3.63, 3.8) is 0 Å². The molecule has 6 heteroatoms. The van der Waals surface area contributed by atoms with E-state index < -0.39 is 11.6 Å². The monoisotopic (exact) mass is 390 g/mol. The zero-order valence-electron chi connectivity index (χ0n) is 15.9. The molecule has 0 aliphatic carbocycles. The van der Waals surface area contributed by atoms with Crippen molar-refractivity contribution in [2.75, 3.05) is 6.61 Å². The van der Waals surface area contributed by atoms with Crippen LogP contribution in [-0.4, -0.2) is 12.6 Å². The summed E-state index contributed by atoms with van der Waals surface area (Å²) in [5.41, 5.74) is 0.766. The summed E-state index contributed by atoms with van der Waals surface area (Å²) in [6.07, 6.45) is 0. The number of furan rings is 1. The van der Waals surface area contributed by atoms with E-state index in [-0.39, 0.29) is 23.7 Å². The van der Waals surface area contributed by atoms with Gasteiger partial charge in [-0.05, 0) is 38.1 Å². The molecule has 0 saturated heterocycles. The lowest BCUT2D eigenvalue weighted by Gasteiger charge is -2.12. The maximum Gasteiger partial charge on any atom is 0.349 e. The van der Waals surface area contributed by atoms with Gasteiger partial charge in [0.1, 0.15) is 17.1 Å². The standard InChI is InChI=1S/C23H18O6/c1-14-21(28-20(24)13-26-17-9-4-3-5-10-17)15(2)23(25)29-22(14)19-12-16-8-6-7-11-18(16)27-19/h3-12H,13H2,1-2H3. The Morgan fingerprint density at radius 3 is 2.41 bits per heavy atom. The van der Waals surface area contributed by atoms with Gasteiger partial charge in [0.05, 0.1) is 5.56 Å². The quantitative estimate of drug-likeness (QED) is 0.462. The van der Waals surface area contributed by atoms with Gasteiger partial charge in [0.15, 0.2) is 18.1 Å². The molecule has 0 aliphatic rings. The van der Waals surface area contributed by atoms with Gasteiger partial charge in [-0.15, -0.1) is 0 Å². The van der Waals surface area contributed by atoms with Crippen LogP contribution in [0.4, 0.5) is 0 Å². The minimum absolute atomic E-state index is 0.151. The number of esters is 1. The van der Waals surface area contributed by atoms with E-state index in [1.807, 2.05) is 30.3 Å². The molecule has 4 rings (SSSR count). The third kappa shape index (κ3) is 3.78. The Balaban J connectivity index is 1.63. The summed E-state index contributed by atoms with van der Waals surface area (Å²) in [5, 5.41) is 0.875. The van der Waals surface area contributed by atoms with Gasteiger partial charge in [-0.3, -0.25) is 0 Å². The molecule has 0 saturated carbocycles. The Labute approximate surface area is 166 Å². The molecule has 0 N–H and O–H groups in total. The molecular formula is C23H18O6. The SMILES string of the molecule is Cc1c(-c2cc3ccccc3o2)oc(=O)c(C)c1OC(=O)COc1ccccc1. The fourth-order valence-electron chi connectivity index (χ4n) is 3.01. The van der Waals surface area contributed by atoms with E-state index in [4.69, 9.17) is 18.3 Å². The van der Waals surface area contributed by atoms with Crippen LogP contribution < -0.4 is 15.1 Å². The highest BCUT2D eigenvalue weighted by Crippen LogP contribution is 2.34. The number of para-hydroxylation sites is 2. The molecule has 6 nitrogen and oxygen atoms in total. The first-order valence-corrected chi connectivity index (χ1v) is 9.04. The van der Waals surface area contributed by atoms with Crippen molar-refractivity contribution in [2.45, 2.75) is 13.8 Å². The Morgan fingerprint density at radius 1 is 0.931 bits per heavy atom. The molecule has 2 aromatic carbocycles. The summed E-state index contributed by atoms with van der Waals surface area (Å²) in [5.74, 6) is 0.690. The normalized spacial score (nSPS) is 10.8. The van der Waals surface area contributed by atoms with Crippen LogP contribution in [0.25, 0.3) is 22.5 Å². The number of hydrogen-bond acceptors (Lipinski definition) is 6. The first-order valence-electron chi connectivity index (χ1n) is 9.04. The lowest BCUT2D eigenvalue weighted by molar-refractivity contribution is -0.136. The van der Waals surface area contributed by atoms with Gasteiger partial charge in [0.2, 0.25) is 0 Å². The highest BCUT2D eigenvalue weighted by atomic mass is 16.6. The highest BCUT2D eigenvalue weighted by Gasteiger charge is 2.21. The molecule has 0 amide bonds. The number of fused-ring (bicyclic) bond motifs is 1. The first-order chi connectivity index (χ1) is 14.0. The van der Waals surface area contributed by atoms with Gasteiger partial charge in [-0.25, -0.2) is 9.59 Å². The number of carbonyl (C=O) groups is 1. The average molecular weight is 390 g/mol. The number of ether oxygens (including phenoxy) is 2. The van der Waals surface area contributed by atoms with E-state index in [0.717, 1.165) is 5.39 Å². The summed E-state index contributed by atoms with van der Waals surface area (Å²) >= 11 is 0. The van der Waals surface area contributed by atoms with Crippen LogP contribution in [0.2, 0.25) is 0 Å². The molecule has 0 atom stereocenters. The van der Waals surface area contributed by atoms with Crippen LogP contribution in [0.15, 0.2) is 74.3 Å². The topological polar surface area (TPSA) is 78.9 Å². The third-order valence-electron chi connectivity index (χ3n) is 4.49. The molecule has 4 aromatic rings. The summed E-state index contributed by atoms with van der Waals surface area (Å²) in [4.78, 5) is 24.6. The van der Waals surface area contributed by atoms with E-state index in [9.17, 15) is 9.59 Å². The summed E-state index contributed by atoms with van der Waals surface area (Å²) in [7, 11) is 0. The summed E-state index contributed by atoms with van der Waals surface area (Å²) in [6, 6.07) is 18.2. The molecule has 0 fully saturated rings. The molecular weight excluding hydrogens is 372 g/mol. The Morgan fingerprint density at radius 2 is 1.66 bits per heavy atom. The van der Waals surface area contributed by atoms with E-state index in [1.165, 1.54) is 0 Å². The smallest absolute Gasteiger partial charge is 0.349 e. The fraction of sp³-hybridized carbons (Fsp3) is 0.130. The van der Waals surface area contributed by atoms with Crippen LogP contribution in [0.1, 0.15) is 11.1 Å². The van der Waals surface area contributed by atoms with E-state index >= 15 is 0 Å². The van der Waals surface area contributed by atoms with Crippen LogP contribution in [0, 0.1) is 13.8 Å². The molecule has 0 spiro atoms. The van der Waals surface area contributed by atoms with Crippen molar-refractivity contribution >= 4 is 16.9 Å². The molecule has 2 heterocycles. The van der Waals surface area contributed by atoms with Gasteiger partial charge >= 0.3 is 11.6 Å². The van der Waals surface area contributed by atoms with Gasteiger partial charge in [0.25, 0.3) is 0 Å².